The summed E-state index contributed by atoms with van der Waals surface area (Å²) in [6.45, 7) is 1.08. The molecule has 3 N–H and O–H groups in total. The van der Waals surface area contributed by atoms with Crippen LogP contribution in [0.3, 0.4) is 0 Å². The molecule has 0 aromatic rings. The van der Waals surface area contributed by atoms with Crippen molar-refractivity contribution >= 4 is 5.97 Å². The van der Waals surface area contributed by atoms with E-state index in [1.807, 2.05) is 0 Å². The molecule has 72 valence electrons. The summed E-state index contributed by atoms with van der Waals surface area (Å²) >= 11 is 0. The maximum atomic E-state index is 9.00. The molecule has 10 heavy (non-hydrogen) atoms. The van der Waals surface area contributed by atoms with Gasteiger partial charge in [-0.1, -0.05) is 22.3 Å². The van der Waals surface area contributed by atoms with Crippen molar-refractivity contribution in [3.63, 3.8) is 0 Å². The predicted octanol–water partition coefficient (Wildman–Crippen LogP) is 1.97. The van der Waals surface area contributed by atoms with Gasteiger partial charge in [-0.25, -0.2) is 0 Å². The van der Waals surface area contributed by atoms with Gasteiger partial charge in [0.1, 0.15) is 0 Å². The van der Waals surface area contributed by atoms with Gasteiger partial charge < -0.3 is 10.8 Å². The van der Waals surface area contributed by atoms with Crippen LogP contribution in [0.25, 0.3) is 0 Å². The summed E-state index contributed by atoms with van der Waals surface area (Å²) in [4.78, 5) is 9.00. The summed E-state index contributed by atoms with van der Waals surface area (Å²) in [5.74, 6) is -0.833. The molecule has 0 fully saturated rings. The lowest BCUT2D eigenvalue weighted by Gasteiger charge is -1.59. The van der Waals surface area contributed by atoms with Crippen LogP contribution >= 0.6 is 0 Å². The standard InChI is InChI=1S/C2H4O2.CH5N.3CH4.FH.H2/c1-2(3)4;1-2;;;;;/h1H3,(H,3,4);2H2,1H3;3*1H4;2*1H/i;;;;;;1+1. The summed E-state index contributed by atoms with van der Waals surface area (Å²) in [5, 5.41) is 7.42. The Balaban J connectivity index is -0.00000000432. The number of hydrogen-bond donors (Lipinski definition) is 2. The highest BCUT2D eigenvalue weighted by atomic mass is 19.0. The number of carbonyl (C=O) groups is 1. The summed E-state index contributed by atoms with van der Waals surface area (Å²) in [6, 6.07) is 0. The highest BCUT2D eigenvalue weighted by Gasteiger charge is 1.65. The first-order chi connectivity index (χ1) is 2.73. The zero-order chi connectivity index (χ0) is 5.58. The third-order valence-corrected chi connectivity index (χ3v) is 0. The molecule has 0 radical (unpaired) electrons. The van der Waals surface area contributed by atoms with Gasteiger partial charge in [0, 0.05) is 8.35 Å². The fourth-order valence-corrected chi connectivity index (χ4v) is 0. The van der Waals surface area contributed by atoms with E-state index in [2.05, 4.69) is 5.73 Å². The average molecular weight is 162 g/mol. The van der Waals surface area contributed by atoms with Crippen LogP contribution in [0.15, 0.2) is 0 Å². The minimum Gasteiger partial charge on any atom is -0.481 e. The van der Waals surface area contributed by atoms with E-state index < -0.39 is 5.97 Å². The third-order valence-electron chi connectivity index (χ3n) is 0. The molecule has 0 saturated heterocycles. The Morgan fingerprint density at radius 1 is 1.30 bits per heavy atom. The van der Waals surface area contributed by atoms with Crippen LogP contribution < -0.4 is 5.73 Å². The molecule has 0 amide bonds. The lowest BCUT2D eigenvalue weighted by atomic mass is 10.9. The van der Waals surface area contributed by atoms with E-state index in [9.17, 15) is 0 Å². The van der Waals surface area contributed by atoms with E-state index in [0.717, 1.165) is 6.92 Å². The molecule has 0 atom stereocenters. The van der Waals surface area contributed by atoms with E-state index in [-0.39, 0.29) is 28.4 Å². The summed E-state index contributed by atoms with van der Waals surface area (Å²) in [5.41, 5.74) is 4.50. The van der Waals surface area contributed by atoms with Crippen LogP contribution in [0, 0.1) is 0 Å². The van der Waals surface area contributed by atoms with Crippen molar-refractivity contribution in [3.8, 4) is 0 Å². The van der Waals surface area contributed by atoms with Crippen molar-refractivity contribution in [1.82, 2.24) is 0 Å². The first kappa shape index (κ1) is 57.9. The molecule has 0 aromatic heterocycles. The van der Waals surface area contributed by atoms with E-state index in [4.69, 9.17) is 9.90 Å². The van der Waals surface area contributed by atoms with Gasteiger partial charge in [0.25, 0.3) is 5.97 Å². The first-order valence-corrected chi connectivity index (χ1v) is 1.51. The molecule has 0 spiro atoms. The minimum absolute atomic E-state index is 0. The molecule has 0 aromatic carbocycles. The second-order valence-corrected chi connectivity index (χ2v) is 0.519. The van der Waals surface area contributed by atoms with Gasteiger partial charge >= 0.3 is 0 Å². The quantitative estimate of drug-likeness (QED) is 0.572. The Hall–Kier alpha value is -0.640. The Labute approximate surface area is 65.1 Å². The van der Waals surface area contributed by atoms with Gasteiger partial charge in [0.05, 0.1) is 0 Å². The van der Waals surface area contributed by atoms with Gasteiger partial charge in [0.2, 0.25) is 0 Å². The van der Waals surface area contributed by atoms with Crippen molar-refractivity contribution in [2.45, 2.75) is 29.2 Å². The number of carboxylic acids is 1. The van der Waals surface area contributed by atoms with Gasteiger partial charge in [-0.2, -0.15) is 0 Å². The van der Waals surface area contributed by atoms with Crippen molar-refractivity contribution < 1.29 is 16.0 Å². The van der Waals surface area contributed by atoms with Crippen LogP contribution in [0.5, 0.6) is 0 Å². The normalized spacial score (nSPS) is 3.10. The van der Waals surface area contributed by atoms with E-state index >= 15 is 0 Å². The van der Waals surface area contributed by atoms with Crippen LogP contribution in [-0.4, -0.2) is 18.1 Å². The Morgan fingerprint density at radius 2 is 1.30 bits per heavy atom. The van der Waals surface area contributed by atoms with Crippen LogP contribution in [0.2, 0.25) is 0 Å². The Morgan fingerprint density at radius 3 is 1.30 bits per heavy atom. The third kappa shape index (κ3) is 727. The lowest BCUT2D eigenvalue weighted by molar-refractivity contribution is -0.134. The topological polar surface area (TPSA) is 63.3 Å². The van der Waals surface area contributed by atoms with E-state index in [1.54, 1.807) is 0 Å². The zero-order valence-corrected chi connectivity index (χ0v) is 4.34. The lowest BCUT2D eigenvalue weighted by Crippen LogP contribution is -1.78. The van der Waals surface area contributed by atoms with Gasteiger partial charge in [-0.3, -0.25) is 9.50 Å². The number of nitrogens with two attached hydrogens (primary N) is 1. The van der Waals surface area contributed by atoms with Gasteiger partial charge in [-0.05, 0) is 7.05 Å². The number of aliphatic carboxylic acids is 1. The van der Waals surface area contributed by atoms with Crippen LogP contribution in [-0.2, 0) is 4.79 Å². The number of hydrogen-bond acceptors (Lipinski definition) is 2. The average Bonchev–Trinajstić information content (AvgIpc) is 1.41. The highest BCUT2D eigenvalue weighted by Crippen LogP contribution is 1.42. The number of halogens is 1. The molecule has 0 rings (SSSR count). The summed E-state index contributed by atoms with van der Waals surface area (Å²) < 4.78 is 0. The number of rotatable bonds is 0. The molecule has 0 bridgehead atoms. The fraction of sp³-hybridized carbons (Fsp3) is 0.833. The molecule has 0 saturated carbocycles. The molecule has 3 nitrogen and oxygen atoms in total. The van der Waals surface area contributed by atoms with Crippen LogP contribution in [0.1, 0.15) is 30.6 Å². The van der Waals surface area contributed by atoms with Gasteiger partial charge in [0.15, 0.2) is 0 Å². The van der Waals surface area contributed by atoms with Crippen molar-refractivity contribution in [2.75, 3.05) is 7.05 Å². The highest BCUT2D eigenvalue weighted by molar-refractivity contribution is 5.62. The van der Waals surface area contributed by atoms with Crippen molar-refractivity contribution in [2.24, 2.45) is 5.73 Å². The maximum absolute atomic E-state index is 9.00. The predicted molar refractivity (Wildman–Crippen MR) is 48.2 cm³/mol. The second-order valence-electron chi connectivity index (χ2n) is 0.519. The Kier molecular flexibility index (Phi) is 471. The summed E-state index contributed by atoms with van der Waals surface area (Å²) in [7, 11) is 1.50. The van der Waals surface area contributed by atoms with Crippen molar-refractivity contribution in [1.29, 1.82) is 0 Å². The second kappa shape index (κ2) is 81.3. The molecule has 0 aliphatic heterocycles. The first-order valence-electron chi connectivity index (χ1n) is 1.51. The minimum atomic E-state index is -0.833. The summed E-state index contributed by atoms with van der Waals surface area (Å²) in [6.07, 6.45) is 0. The molecular weight excluding hydrogens is 137 g/mol. The van der Waals surface area contributed by atoms with E-state index in [0.29, 0.717) is 0 Å². The molecule has 0 heterocycles. The molecule has 0 aliphatic carbocycles. The fourth-order valence-electron chi connectivity index (χ4n) is 0. The largest absolute Gasteiger partial charge is 0.481 e. The van der Waals surface area contributed by atoms with E-state index in [1.165, 1.54) is 7.05 Å². The van der Waals surface area contributed by atoms with Crippen LogP contribution in [0.4, 0.5) is 4.70 Å². The maximum Gasteiger partial charge on any atom is 0.300 e. The van der Waals surface area contributed by atoms with Gasteiger partial charge in [-0.15, -0.1) is 0 Å². The van der Waals surface area contributed by atoms with Crippen molar-refractivity contribution in [3.05, 3.63) is 0 Å². The smallest absolute Gasteiger partial charge is 0.300 e. The number of carboxylic acid groups (broad SMARTS) is 1. The monoisotopic (exact) mass is 162 g/mol. The zero-order valence-electron chi connectivity index (χ0n) is 4.34. The Bertz CT molecular complexity index is 43.6. The molecule has 4 heteroatoms. The molecule has 0 aliphatic rings. The SMILES string of the molecule is C.C.C.CC(=O)O.CN.F.[2HH]. The molecule has 0 unspecified atom stereocenters. The molecular formula is C6H24FNO2.